The zero-order chi connectivity index (χ0) is 19.6. The summed E-state index contributed by atoms with van der Waals surface area (Å²) in [6, 6.07) is 15.9. The van der Waals surface area contributed by atoms with Crippen molar-refractivity contribution in [2.24, 2.45) is 10.8 Å². The molecule has 4 N–H and O–H groups in total. The number of rotatable bonds is 4. The molecule has 28 heavy (non-hydrogen) atoms. The number of hydrogen-bond donors (Lipinski definition) is 3. The zero-order valence-electron chi connectivity index (χ0n) is 15.3. The van der Waals surface area contributed by atoms with Crippen molar-refractivity contribution in [2.75, 3.05) is 0 Å². The molecule has 2 heterocycles. The second-order valence-corrected chi connectivity index (χ2v) is 6.36. The normalized spacial score (nSPS) is 18.0. The summed E-state index contributed by atoms with van der Waals surface area (Å²) in [7, 11) is 0. The quantitative estimate of drug-likeness (QED) is 0.479. The van der Waals surface area contributed by atoms with Gasteiger partial charge in [0.2, 0.25) is 5.90 Å². The fourth-order valence-electron chi connectivity index (χ4n) is 3.12. The van der Waals surface area contributed by atoms with Crippen molar-refractivity contribution >= 4 is 33.5 Å². The molecular formula is C21H19N5O2. The van der Waals surface area contributed by atoms with Crippen LogP contribution in [0.5, 0.6) is 0 Å². The third kappa shape index (κ3) is 3.21. The molecule has 0 saturated carbocycles. The molecule has 140 valence electrons. The molecule has 3 aromatic rings. The van der Waals surface area contributed by atoms with E-state index in [1.54, 1.807) is 6.92 Å². The van der Waals surface area contributed by atoms with Gasteiger partial charge in [-0.25, -0.2) is 5.43 Å². The number of benzene rings is 2. The van der Waals surface area contributed by atoms with Crippen LogP contribution in [0.4, 0.5) is 0 Å². The van der Waals surface area contributed by atoms with E-state index in [0.717, 1.165) is 27.4 Å². The first kappa shape index (κ1) is 17.8. The Morgan fingerprint density at radius 3 is 2.68 bits per heavy atom. The van der Waals surface area contributed by atoms with Gasteiger partial charge in [0.15, 0.2) is 0 Å². The van der Waals surface area contributed by atoms with Gasteiger partial charge in [-0.15, -0.1) is 11.0 Å². The first-order valence-corrected chi connectivity index (χ1v) is 8.86. The van der Waals surface area contributed by atoms with Crippen LogP contribution in [0.2, 0.25) is 0 Å². The van der Waals surface area contributed by atoms with Gasteiger partial charge in [-0.2, -0.15) is 0 Å². The number of nitrogens with one attached hydrogen (secondary N) is 2. The number of fused-ring (bicyclic) bond motifs is 3. The number of hydrazone groups is 1. The van der Waals surface area contributed by atoms with Crippen molar-refractivity contribution in [2.45, 2.75) is 25.7 Å². The van der Waals surface area contributed by atoms with Crippen LogP contribution in [-0.2, 0) is 16.1 Å². The number of ether oxygens (including phenoxy) is 1. The van der Waals surface area contributed by atoms with Gasteiger partial charge in [0, 0.05) is 10.8 Å². The summed E-state index contributed by atoms with van der Waals surface area (Å²) in [5.41, 5.74) is 10.2. The highest BCUT2D eigenvalue weighted by Crippen LogP contribution is 2.26. The molecule has 0 saturated heterocycles. The Labute approximate surface area is 162 Å². The largest absolute Gasteiger partial charge is 0.429 e. The van der Waals surface area contributed by atoms with Gasteiger partial charge in [0.05, 0.1) is 24.2 Å². The number of aromatic nitrogens is 1. The molecule has 1 amide bonds. The molecule has 0 fully saturated rings. The molecule has 7 nitrogen and oxygen atoms in total. The average molecular weight is 373 g/mol. The Bertz CT molecular complexity index is 1160. The van der Waals surface area contributed by atoms with Crippen molar-refractivity contribution < 1.29 is 9.53 Å². The first-order chi connectivity index (χ1) is 13.6. The highest BCUT2D eigenvalue weighted by molar-refractivity contribution is 6.06. The van der Waals surface area contributed by atoms with Crippen molar-refractivity contribution in [1.29, 1.82) is 0 Å². The van der Waals surface area contributed by atoms with Gasteiger partial charge >= 0.3 is 11.8 Å². The van der Waals surface area contributed by atoms with E-state index in [9.17, 15) is 4.79 Å². The summed E-state index contributed by atoms with van der Waals surface area (Å²) in [4.78, 5) is 17.3. The zero-order valence-corrected chi connectivity index (χ0v) is 15.3. The Hall–Kier alpha value is -3.63. The number of pyridine rings is 1. The monoisotopic (exact) mass is 373 g/mol. The molecule has 0 aliphatic carbocycles. The van der Waals surface area contributed by atoms with Crippen LogP contribution in [0.1, 0.15) is 19.0 Å². The van der Waals surface area contributed by atoms with Crippen molar-refractivity contribution in [1.82, 2.24) is 15.7 Å². The highest BCUT2D eigenvalue weighted by Gasteiger charge is 2.41. The molecule has 1 aliphatic rings. The first-order valence-electron chi connectivity index (χ1n) is 8.86. The molecule has 2 aromatic carbocycles. The SMILES string of the molecule is CC#CCC1=NNC(N)(C(=O)NCc2nc3ccccc3c3ccccc23)O1. The maximum atomic E-state index is 12.6. The maximum absolute atomic E-state index is 12.6. The lowest BCUT2D eigenvalue weighted by atomic mass is 10.0. The molecule has 4 rings (SSSR count). The van der Waals surface area contributed by atoms with Crippen LogP contribution < -0.4 is 16.5 Å². The molecule has 1 aliphatic heterocycles. The lowest BCUT2D eigenvalue weighted by Crippen LogP contribution is -2.61. The van der Waals surface area contributed by atoms with E-state index in [-0.39, 0.29) is 18.9 Å². The minimum atomic E-state index is -1.75. The summed E-state index contributed by atoms with van der Waals surface area (Å²) < 4.78 is 5.44. The number of nitrogens with two attached hydrogens (primary N) is 1. The molecule has 1 atom stereocenters. The molecular weight excluding hydrogens is 354 g/mol. The summed E-state index contributed by atoms with van der Waals surface area (Å²) in [6.45, 7) is 1.92. The fraction of sp³-hybridized carbons (Fsp3) is 0.190. The molecule has 1 unspecified atom stereocenters. The van der Waals surface area contributed by atoms with Gasteiger partial charge in [-0.05, 0) is 18.4 Å². The van der Waals surface area contributed by atoms with Gasteiger partial charge < -0.3 is 10.1 Å². The van der Waals surface area contributed by atoms with Gasteiger partial charge in [0.1, 0.15) is 0 Å². The van der Waals surface area contributed by atoms with E-state index < -0.39 is 11.8 Å². The number of hydrogen-bond acceptors (Lipinski definition) is 6. The molecule has 0 spiro atoms. The topological polar surface area (TPSA) is 102 Å². The summed E-state index contributed by atoms with van der Waals surface area (Å²) in [6.07, 6.45) is 0.284. The molecule has 0 bridgehead atoms. The Balaban J connectivity index is 1.55. The van der Waals surface area contributed by atoms with E-state index in [4.69, 9.17) is 15.5 Å². The van der Waals surface area contributed by atoms with Crippen molar-refractivity contribution in [3.05, 3.63) is 54.2 Å². The standard InChI is InChI=1S/C21H19N5O2/c1-2-3-12-19-25-26-21(22,28-19)20(27)23-13-18-16-10-5-4-8-14(16)15-9-6-7-11-17(15)24-18/h4-11,26H,12-13,22H2,1H3,(H,23,27). The Morgan fingerprint density at radius 2 is 1.89 bits per heavy atom. The van der Waals surface area contributed by atoms with Crippen LogP contribution in [-0.4, -0.2) is 22.6 Å². The minimum absolute atomic E-state index is 0.207. The van der Waals surface area contributed by atoms with E-state index in [1.807, 2.05) is 48.5 Å². The summed E-state index contributed by atoms with van der Waals surface area (Å²) in [5, 5.41) is 9.85. The number of amides is 1. The second-order valence-electron chi connectivity index (χ2n) is 6.36. The van der Waals surface area contributed by atoms with Crippen LogP contribution in [0.15, 0.2) is 53.6 Å². The van der Waals surface area contributed by atoms with Crippen LogP contribution in [0.25, 0.3) is 21.7 Å². The van der Waals surface area contributed by atoms with Crippen molar-refractivity contribution in [3.63, 3.8) is 0 Å². The maximum Gasteiger partial charge on any atom is 0.333 e. The molecule has 7 heteroatoms. The van der Waals surface area contributed by atoms with E-state index in [1.165, 1.54) is 0 Å². The number of carbonyl (C=O) groups is 1. The van der Waals surface area contributed by atoms with Gasteiger partial charge in [-0.3, -0.25) is 15.5 Å². The van der Waals surface area contributed by atoms with Crippen molar-refractivity contribution in [3.8, 4) is 11.8 Å². The average Bonchev–Trinajstić information content (AvgIpc) is 3.12. The second kappa shape index (κ2) is 7.18. The van der Waals surface area contributed by atoms with Gasteiger partial charge in [-0.1, -0.05) is 48.4 Å². The summed E-state index contributed by atoms with van der Waals surface area (Å²) >= 11 is 0. The number of carbonyl (C=O) groups excluding carboxylic acids is 1. The summed E-state index contributed by atoms with van der Waals surface area (Å²) in [5.74, 6) is 3.55. The smallest absolute Gasteiger partial charge is 0.333 e. The lowest BCUT2D eigenvalue weighted by Gasteiger charge is -2.22. The lowest BCUT2D eigenvalue weighted by molar-refractivity contribution is -0.139. The predicted octanol–water partition coefficient (Wildman–Crippen LogP) is 1.96. The van der Waals surface area contributed by atoms with E-state index in [0.29, 0.717) is 0 Å². The Morgan fingerprint density at radius 1 is 1.18 bits per heavy atom. The molecule has 0 radical (unpaired) electrons. The van der Waals surface area contributed by atoms with E-state index >= 15 is 0 Å². The minimum Gasteiger partial charge on any atom is -0.429 e. The van der Waals surface area contributed by atoms with Crippen LogP contribution in [0.3, 0.4) is 0 Å². The van der Waals surface area contributed by atoms with E-state index in [2.05, 4.69) is 27.7 Å². The van der Waals surface area contributed by atoms with Crippen LogP contribution in [0, 0.1) is 11.8 Å². The number of para-hydroxylation sites is 1. The Kier molecular flexibility index (Phi) is 4.55. The highest BCUT2D eigenvalue weighted by atomic mass is 16.6. The third-order valence-electron chi connectivity index (χ3n) is 4.48. The predicted molar refractivity (Wildman–Crippen MR) is 108 cm³/mol. The molecule has 1 aromatic heterocycles. The number of nitrogens with zero attached hydrogens (tertiary/aromatic N) is 2. The van der Waals surface area contributed by atoms with Crippen LogP contribution >= 0.6 is 0 Å². The fourth-order valence-corrected chi connectivity index (χ4v) is 3.12. The van der Waals surface area contributed by atoms with Gasteiger partial charge in [0.25, 0.3) is 0 Å². The third-order valence-corrected chi connectivity index (χ3v) is 4.48.